The molecule has 5 heteroatoms. The maximum atomic E-state index is 5.63. The van der Waals surface area contributed by atoms with Gasteiger partial charge in [0.15, 0.2) is 0 Å². The van der Waals surface area contributed by atoms with E-state index in [0.717, 1.165) is 27.3 Å². The van der Waals surface area contributed by atoms with Crippen LogP contribution in [0.4, 0.5) is 0 Å². The third-order valence-electron chi connectivity index (χ3n) is 2.98. The van der Waals surface area contributed by atoms with Gasteiger partial charge in [0.05, 0.1) is 13.2 Å². The number of nitrogens with one attached hydrogen (secondary N) is 1. The lowest BCUT2D eigenvalue weighted by Crippen LogP contribution is -2.29. The highest BCUT2D eigenvalue weighted by Crippen LogP contribution is 2.27. The Hall–Kier alpha value is -1.30. The van der Waals surface area contributed by atoms with Crippen LogP contribution in [0.25, 0.3) is 0 Å². The van der Waals surface area contributed by atoms with E-state index in [1.165, 1.54) is 0 Å². The Morgan fingerprint density at radius 3 is 2.74 bits per heavy atom. The standard InChI is InChI=1S/C14H17BrN2O2/c1-9-3-6-14(19-9)13(17-16)8-10-7-11(18-2)4-5-12(10)15/h3-7,13,17H,8,16H2,1-2H3. The van der Waals surface area contributed by atoms with Gasteiger partial charge in [0.2, 0.25) is 0 Å². The van der Waals surface area contributed by atoms with E-state index in [1.54, 1.807) is 7.11 Å². The van der Waals surface area contributed by atoms with Gasteiger partial charge in [-0.15, -0.1) is 0 Å². The summed E-state index contributed by atoms with van der Waals surface area (Å²) >= 11 is 3.54. The van der Waals surface area contributed by atoms with Crippen LogP contribution in [0.2, 0.25) is 0 Å². The fraction of sp³-hybridized carbons (Fsp3) is 0.286. The van der Waals surface area contributed by atoms with Crippen molar-refractivity contribution in [2.45, 2.75) is 19.4 Å². The smallest absolute Gasteiger partial charge is 0.122 e. The molecule has 0 amide bonds. The Bertz CT molecular complexity index is 554. The number of rotatable bonds is 5. The molecule has 0 aliphatic rings. The average Bonchev–Trinajstić information content (AvgIpc) is 2.84. The van der Waals surface area contributed by atoms with E-state index in [9.17, 15) is 0 Å². The second-order valence-electron chi connectivity index (χ2n) is 4.33. The number of ether oxygens (including phenoxy) is 1. The molecule has 102 valence electrons. The lowest BCUT2D eigenvalue weighted by atomic mass is 10.0. The van der Waals surface area contributed by atoms with Crippen molar-refractivity contribution in [3.63, 3.8) is 0 Å². The van der Waals surface area contributed by atoms with Gasteiger partial charge in [0.25, 0.3) is 0 Å². The van der Waals surface area contributed by atoms with Crippen LogP contribution in [-0.2, 0) is 6.42 Å². The largest absolute Gasteiger partial charge is 0.497 e. The van der Waals surface area contributed by atoms with Crippen LogP contribution in [0, 0.1) is 6.92 Å². The van der Waals surface area contributed by atoms with Crippen molar-refractivity contribution in [2.75, 3.05) is 7.11 Å². The van der Waals surface area contributed by atoms with Gasteiger partial charge < -0.3 is 9.15 Å². The van der Waals surface area contributed by atoms with Gasteiger partial charge >= 0.3 is 0 Å². The molecule has 3 N–H and O–H groups in total. The fourth-order valence-electron chi connectivity index (χ4n) is 1.94. The topological polar surface area (TPSA) is 60.4 Å². The fourth-order valence-corrected chi connectivity index (χ4v) is 2.35. The molecule has 1 aromatic heterocycles. The van der Waals surface area contributed by atoms with E-state index in [-0.39, 0.29) is 6.04 Å². The van der Waals surface area contributed by atoms with Crippen molar-refractivity contribution in [1.82, 2.24) is 5.43 Å². The molecule has 1 heterocycles. The van der Waals surface area contributed by atoms with E-state index in [0.29, 0.717) is 6.42 Å². The molecule has 0 radical (unpaired) electrons. The molecule has 0 spiro atoms. The number of furan rings is 1. The summed E-state index contributed by atoms with van der Waals surface area (Å²) in [6.45, 7) is 1.92. The molecule has 0 bridgehead atoms. The number of methoxy groups -OCH3 is 1. The van der Waals surface area contributed by atoms with Crippen molar-refractivity contribution in [2.24, 2.45) is 5.84 Å². The van der Waals surface area contributed by atoms with Gasteiger partial charge in [-0.1, -0.05) is 15.9 Å². The summed E-state index contributed by atoms with van der Waals surface area (Å²) in [5, 5.41) is 0. The van der Waals surface area contributed by atoms with Crippen LogP contribution in [0.5, 0.6) is 5.75 Å². The van der Waals surface area contributed by atoms with Crippen molar-refractivity contribution < 1.29 is 9.15 Å². The predicted molar refractivity (Wildman–Crippen MR) is 77.9 cm³/mol. The zero-order chi connectivity index (χ0) is 13.8. The summed E-state index contributed by atoms with van der Waals surface area (Å²) in [4.78, 5) is 0. The molecule has 2 rings (SSSR count). The lowest BCUT2D eigenvalue weighted by Gasteiger charge is -2.15. The zero-order valence-corrected chi connectivity index (χ0v) is 12.5. The highest BCUT2D eigenvalue weighted by molar-refractivity contribution is 9.10. The molecule has 19 heavy (non-hydrogen) atoms. The Kier molecular flexibility index (Phi) is 4.63. The molecule has 0 aliphatic heterocycles. The predicted octanol–water partition coefficient (Wildman–Crippen LogP) is 3.11. The number of hydrazine groups is 1. The maximum absolute atomic E-state index is 5.63. The maximum Gasteiger partial charge on any atom is 0.122 e. The van der Waals surface area contributed by atoms with E-state index in [4.69, 9.17) is 15.0 Å². The minimum Gasteiger partial charge on any atom is -0.497 e. The second kappa shape index (κ2) is 6.23. The van der Waals surface area contributed by atoms with Gasteiger partial charge in [-0.05, 0) is 49.2 Å². The van der Waals surface area contributed by atoms with E-state index < -0.39 is 0 Å². The molecule has 1 atom stereocenters. The van der Waals surface area contributed by atoms with Crippen molar-refractivity contribution in [3.05, 3.63) is 51.9 Å². The van der Waals surface area contributed by atoms with Gasteiger partial charge in [0.1, 0.15) is 17.3 Å². The highest BCUT2D eigenvalue weighted by Gasteiger charge is 2.16. The lowest BCUT2D eigenvalue weighted by molar-refractivity contribution is 0.399. The number of halogens is 1. The second-order valence-corrected chi connectivity index (χ2v) is 5.18. The molecule has 2 aromatic rings. The molecular formula is C14H17BrN2O2. The van der Waals surface area contributed by atoms with Crippen LogP contribution >= 0.6 is 15.9 Å². The van der Waals surface area contributed by atoms with Gasteiger partial charge in [-0.3, -0.25) is 5.84 Å². The first-order valence-electron chi connectivity index (χ1n) is 5.99. The molecule has 4 nitrogen and oxygen atoms in total. The molecule has 0 saturated heterocycles. The van der Waals surface area contributed by atoms with Crippen LogP contribution in [-0.4, -0.2) is 7.11 Å². The number of hydrogen-bond acceptors (Lipinski definition) is 4. The first-order valence-corrected chi connectivity index (χ1v) is 6.78. The van der Waals surface area contributed by atoms with Crippen molar-refractivity contribution in [1.29, 1.82) is 0 Å². The summed E-state index contributed by atoms with van der Waals surface area (Å²) in [6, 6.07) is 9.67. The monoisotopic (exact) mass is 324 g/mol. The number of hydrogen-bond donors (Lipinski definition) is 2. The van der Waals surface area contributed by atoms with Crippen LogP contribution in [0.3, 0.4) is 0 Å². The van der Waals surface area contributed by atoms with Crippen molar-refractivity contribution >= 4 is 15.9 Å². The molecule has 0 fully saturated rings. The summed E-state index contributed by atoms with van der Waals surface area (Å²) in [5.41, 5.74) is 3.90. The Labute approximate surface area is 121 Å². The third-order valence-corrected chi connectivity index (χ3v) is 3.76. The third kappa shape index (κ3) is 3.37. The van der Waals surface area contributed by atoms with E-state index in [2.05, 4.69) is 21.4 Å². The summed E-state index contributed by atoms with van der Waals surface area (Å²) < 4.78 is 11.9. The minimum atomic E-state index is -0.0721. The molecule has 1 aromatic carbocycles. The molecule has 1 unspecified atom stereocenters. The Morgan fingerprint density at radius 1 is 1.37 bits per heavy atom. The van der Waals surface area contributed by atoms with Gasteiger partial charge in [-0.2, -0.15) is 0 Å². The van der Waals surface area contributed by atoms with Gasteiger partial charge in [0, 0.05) is 4.47 Å². The number of benzene rings is 1. The van der Waals surface area contributed by atoms with Gasteiger partial charge in [-0.25, -0.2) is 5.43 Å². The first kappa shape index (κ1) is 14.1. The SMILES string of the molecule is COc1ccc(Br)c(CC(NN)c2ccc(C)o2)c1. The first-order chi connectivity index (χ1) is 9.13. The summed E-state index contributed by atoms with van der Waals surface area (Å²) in [6.07, 6.45) is 0.710. The minimum absolute atomic E-state index is 0.0721. The number of nitrogens with two attached hydrogens (primary N) is 1. The summed E-state index contributed by atoms with van der Waals surface area (Å²) in [7, 11) is 1.65. The van der Waals surface area contributed by atoms with E-state index >= 15 is 0 Å². The molecule has 0 aliphatic carbocycles. The average molecular weight is 325 g/mol. The highest BCUT2D eigenvalue weighted by atomic mass is 79.9. The Balaban J connectivity index is 2.23. The van der Waals surface area contributed by atoms with Crippen LogP contribution < -0.4 is 16.0 Å². The van der Waals surface area contributed by atoms with Crippen LogP contribution in [0.15, 0.2) is 39.2 Å². The van der Waals surface area contributed by atoms with Crippen molar-refractivity contribution in [3.8, 4) is 5.75 Å². The number of aryl methyl sites for hydroxylation is 1. The van der Waals surface area contributed by atoms with E-state index in [1.807, 2.05) is 37.3 Å². The Morgan fingerprint density at radius 2 is 2.16 bits per heavy atom. The quantitative estimate of drug-likeness (QED) is 0.655. The zero-order valence-electron chi connectivity index (χ0n) is 10.9. The van der Waals surface area contributed by atoms with Crippen LogP contribution in [0.1, 0.15) is 23.1 Å². The summed E-state index contributed by atoms with van der Waals surface area (Å²) in [5.74, 6) is 8.15. The normalized spacial score (nSPS) is 12.4. The molecule has 0 saturated carbocycles. The molecular weight excluding hydrogens is 308 g/mol.